The molecule has 0 aliphatic rings. The number of nitrogens with one attached hydrogen (secondary N) is 1. The van der Waals surface area contributed by atoms with Crippen molar-refractivity contribution in [3.63, 3.8) is 0 Å². The van der Waals surface area contributed by atoms with E-state index in [1.165, 1.54) is 0 Å². The lowest BCUT2D eigenvalue weighted by Crippen LogP contribution is -2.12. The molecule has 0 aliphatic heterocycles. The van der Waals surface area contributed by atoms with Crippen LogP contribution in [0, 0.1) is 4.91 Å². The van der Waals surface area contributed by atoms with Gasteiger partial charge in [-0.05, 0) is 35.4 Å². The Bertz CT molecular complexity index is 841. The topological polar surface area (TPSA) is 83.8 Å². The van der Waals surface area contributed by atoms with E-state index in [0.717, 1.165) is 5.56 Å². The van der Waals surface area contributed by atoms with Gasteiger partial charge in [0.05, 0.1) is 11.9 Å². The minimum Gasteiger partial charge on any atom is -0.488 e. The molecular weight excluding hydrogens is 330 g/mol. The van der Waals surface area contributed by atoms with Gasteiger partial charge in [0, 0.05) is 11.8 Å². The molecule has 1 aromatic heterocycles. The Labute approximate surface area is 151 Å². The van der Waals surface area contributed by atoms with Gasteiger partial charge >= 0.3 is 0 Å². The van der Waals surface area contributed by atoms with E-state index in [2.05, 4.69) is 15.5 Å². The number of anilines is 1. The molecule has 0 saturated carbocycles. The van der Waals surface area contributed by atoms with Crippen LogP contribution in [0.4, 0.5) is 5.69 Å². The summed E-state index contributed by atoms with van der Waals surface area (Å²) < 4.78 is 5.89. The standard InChI is InChI=1S/C20H19N3O3/c24-20(23-17-7-4-10-21-13-17)18-11-16(12-22-25)8-9-19(18)26-14-15-5-2-1-3-6-15/h1-11,13,20,23-24H,12,14H2. The summed E-state index contributed by atoms with van der Waals surface area (Å²) in [5.74, 6) is 0.535. The average Bonchev–Trinajstić information content (AvgIpc) is 2.69. The third-order valence-electron chi connectivity index (χ3n) is 3.82. The molecule has 1 unspecified atom stereocenters. The highest BCUT2D eigenvalue weighted by atomic mass is 16.5. The first-order valence-corrected chi connectivity index (χ1v) is 8.19. The Morgan fingerprint density at radius 3 is 2.65 bits per heavy atom. The molecule has 6 heteroatoms. The van der Waals surface area contributed by atoms with Crippen molar-refractivity contribution >= 4 is 5.69 Å². The number of rotatable bonds is 8. The van der Waals surface area contributed by atoms with Crippen LogP contribution >= 0.6 is 0 Å². The van der Waals surface area contributed by atoms with Crippen molar-refractivity contribution in [3.05, 3.63) is 94.7 Å². The number of benzene rings is 2. The third-order valence-corrected chi connectivity index (χ3v) is 3.82. The molecule has 0 saturated heterocycles. The van der Waals surface area contributed by atoms with Crippen molar-refractivity contribution in [2.24, 2.45) is 5.18 Å². The Hall–Kier alpha value is -3.25. The van der Waals surface area contributed by atoms with E-state index in [1.54, 1.807) is 42.7 Å². The summed E-state index contributed by atoms with van der Waals surface area (Å²) in [6, 6.07) is 18.6. The number of hydrogen-bond donors (Lipinski definition) is 2. The fraction of sp³-hybridized carbons (Fsp3) is 0.150. The number of aliphatic hydroxyl groups excluding tert-OH is 1. The number of pyridine rings is 1. The van der Waals surface area contributed by atoms with Crippen LogP contribution in [0.5, 0.6) is 5.75 Å². The third kappa shape index (κ3) is 4.64. The maximum atomic E-state index is 10.6. The molecule has 0 aliphatic carbocycles. The van der Waals surface area contributed by atoms with Gasteiger partial charge in [-0.15, -0.1) is 0 Å². The molecule has 2 N–H and O–H groups in total. The van der Waals surface area contributed by atoms with Gasteiger partial charge in [0.15, 0.2) is 6.23 Å². The minimum atomic E-state index is -1.02. The second-order valence-electron chi connectivity index (χ2n) is 5.72. The Morgan fingerprint density at radius 2 is 1.92 bits per heavy atom. The zero-order chi connectivity index (χ0) is 18.2. The Kier molecular flexibility index (Phi) is 5.90. The highest BCUT2D eigenvalue weighted by Crippen LogP contribution is 2.28. The SMILES string of the molecule is O=NCc1ccc(OCc2ccccc2)c(C(O)Nc2cccnc2)c1. The maximum absolute atomic E-state index is 10.6. The highest BCUT2D eigenvalue weighted by molar-refractivity contribution is 5.46. The molecule has 0 bridgehead atoms. The van der Waals surface area contributed by atoms with Gasteiger partial charge in [0.25, 0.3) is 0 Å². The van der Waals surface area contributed by atoms with Crippen LogP contribution in [0.2, 0.25) is 0 Å². The first-order chi connectivity index (χ1) is 12.8. The summed E-state index contributed by atoms with van der Waals surface area (Å²) in [5, 5.41) is 16.5. The van der Waals surface area contributed by atoms with E-state index < -0.39 is 6.23 Å². The summed E-state index contributed by atoms with van der Waals surface area (Å²) in [5.41, 5.74) is 2.93. The lowest BCUT2D eigenvalue weighted by molar-refractivity contribution is 0.198. The van der Waals surface area contributed by atoms with Crippen LogP contribution in [-0.2, 0) is 13.2 Å². The molecule has 0 fully saturated rings. The summed E-state index contributed by atoms with van der Waals surface area (Å²) in [6.07, 6.45) is 2.25. The second-order valence-corrected chi connectivity index (χ2v) is 5.72. The largest absolute Gasteiger partial charge is 0.488 e. The van der Waals surface area contributed by atoms with Gasteiger partial charge in [-0.1, -0.05) is 41.6 Å². The fourth-order valence-corrected chi connectivity index (χ4v) is 2.54. The van der Waals surface area contributed by atoms with Gasteiger partial charge in [-0.2, -0.15) is 4.91 Å². The van der Waals surface area contributed by atoms with Crippen LogP contribution in [0.25, 0.3) is 0 Å². The van der Waals surface area contributed by atoms with Crippen molar-refractivity contribution in [3.8, 4) is 5.75 Å². The molecule has 6 nitrogen and oxygen atoms in total. The summed E-state index contributed by atoms with van der Waals surface area (Å²) in [4.78, 5) is 14.6. The highest BCUT2D eigenvalue weighted by Gasteiger charge is 2.15. The predicted molar refractivity (Wildman–Crippen MR) is 99.5 cm³/mol. The molecule has 1 atom stereocenters. The lowest BCUT2D eigenvalue weighted by atomic mass is 10.1. The molecule has 0 spiro atoms. The first kappa shape index (κ1) is 17.6. The smallest absolute Gasteiger partial charge is 0.154 e. The quantitative estimate of drug-likeness (QED) is 0.474. The second kappa shape index (κ2) is 8.73. The molecular formula is C20H19N3O3. The van der Waals surface area contributed by atoms with Crippen molar-refractivity contribution in [1.82, 2.24) is 4.98 Å². The van der Waals surface area contributed by atoms with Crippen LogP contribution in [0.3, 0.4) is 0 Å². The fourth-order valence-electron chi connectivity index (χ4n) is 2.54. The summed E-state index contributed by atoms with van der Waals surface area (Å²) >= 11 is 0. The number of aliphatic hydroxyl groups is 1. The van der Waals surface area contributed by atoms with Gasteiger partial charge in [0.2, 0.25) is 0 Å². The number of aromatic nitrogens is 1. The van der Waals surface area contributed by atoms with Crippen LogP contribution in [0.1, 0.15) is 22.9 Å². The molecule has 132 valence electrons. The van der Waals surface area contributed by atoms with Crippen LogP contribution in [0.15, 0.2) is 78.2 Å². The number of ether oxygens (including phenoxy) is 1. The number of hydrogen-bond acceptors (Lipinski definition) is 6. The van der Waals surface area contributed by atoms with E-state index in [1.807, 2.05) is 30.3 Å². The van der Waals surface area contributed by atoms with E-state index >= 15 is 0 Å². The van der Waals surface area contributed by atoms with Crippen LogP contribution in [-0.4, -0.2) is 10.1 Å². The van der Waals surface area contributed by atoms with Gasteiger partial charge in [-0.25, -0.2) is 0 Å². The van der Waals surface area contributed by atoms with E-state index in [-0.39, 0.29) is 6.54 Å². The van der Waals surface area contributed by atoms with Crippen molar-refractivity contribution < 1.29 is 9.84 Å². The van der Waals surface area contributed by atoms with E-state index in [4.69, 9.17) is 4.74 Å². The Balaban J connectivity index is 1.82. The minimum absolute atomic E-state index is 0.0333. The van der Waals surface area contributed by atoms with E-state index in [9.17, 15) is 10.0 Å². The predicted octanol–water partition coefficient (Wildman–Crippen LogP) is 4.03. The zero-order valence-corrected chi connectivity index (χ0v) is 14.1. The number of nitroso groups, excluding NO2 is 1. The molecule has 3 aromatic rings. The van der Waals surface area contributed by atoms with Crippen molar-refractivity contribution in [2.45, 2.75) is 19.4 Å². The lowest BCUT2D eigenvalue weighted by Gasteiger charge is -2.19. The van der Waals surface area contributed by atoms with Crippen molar-refractivity contribution in [1.29, 1.82) is 0 Å². The van der Waals surface area contributed by atoms with E-state index in [0.29, 0.717) is 29.2 Å². The first-order valence-electron chi connectivity index (χ1n) is 8.19. The van der Waals surface area contributed by atoms with Gasteiger partial charge < -0.3 is 15.2 Å². The number of nitrogens with zero attached hydrogens (tertiary/aromatic N) is 2. The molecule has 1 heterocycles. The molecule has 26 heavy (non-hydrogen) atoms. The van der Waals surface area contributed by atoms with Crippen molar-refractivity contribution in [2.75, 3.05) is 5.32 Å². The monoisotopic (exact) mass is 349 g/mol. The van der Waals surface area contributed by atoms with Gasteiger partial charge in [0.1, 0.15) is 18.9 Å². The molecule has 0 amide bonds. The average molecular weight is 349 g/mol. The van der Waals surface area contributed by atoms with Gasteiger partial charge in [-0.3, -0.25) is 4.98 Å². The molecule has 3 rings (SSSR count). The molecule has 0 radical (unpaired) electrons. The maximum Gasteiger partial charge on any atom is 0.154 e. The normalized spacial score (nSPS) is 11.6. The Morgan fingerprint density at radius 1 is 1.08 bits per heavy atom. The molecule has 2 aromatic carbocycles. The van der Waals surface area contributed by atoms with Crippen LogP contribution < -0.4 is 10.1 Å². The zero-order valence-electron chi connectivity index (χ0n) is 14.1. The summed E-state index contributed by atoms with van der Waals surface area (Å²) in [7, 11) is 0. The summed E-state index contributed by atoms with van der Waals surface area (Å²) in [6.45, 7) is 0.407.